The van der Waals surface area contributed by atoms with Gasteiger partial charge in [0.1, 0.15) is 5.82 Å². The highest BCUT2D eigenvalue weighted by Crippen LogP contribution is 2.33. The minimum absolute atomic E-state index is 0.0387. The van der Waals surface area contributed by atoms with Gasteiger partial charge in [-0.05, 0) is 55.3 Å². The first-order chi connectivity index (χ1) is 15.2. The van der Waals surface area contributed by atoms with Crippen LogP contribution >= 0.6 is 34.5 Å². The predicted molar refractivity (Wildman–Crippen MR) is 124 cm³/mol. The maximum Gasteiger partial charge on any atom is 0.243 e. The third-order valence-corrected chi connectivity index (χ3v) is 8.45. The molecule has 1 fully saturated rings. The normalized spacial score (nSPS) is 15.6. The summed E-state index contributed by atoms with van der Waals surface area (Å²) in [5, 5.41) is 6.07. The second-order valence-electron chi connectivity index (χ2n) is 7.28. The fourth-order valence-electron chi connectivity index (χ4n) is 3.47. The van der Waals surface area contributed by atoms with E-state index in [1.54, 1.807) is 23.6 Å². The zero-order valence-electron chi connectivity index (χ0n) is 16.6. The van der Waals surface area contributed by atoms with Gasteiger partial charge in [-0.1, -0.05) is 23.2 Å². The number of rotatable bonds is 5. The first-order valence-corrected chi connectivity index (χ1v) is 12.8. The molecule has 0 radical (unpaired) electrons. The molecule has 2 heterocycles. The summed E-state index contributed by atoms with van der Waals surface area (Å²) in [6.07, 6.45) is 0.759. The van der Waals surface area contributed by atoms with E-state index in [4.69, 9.17) is 23.2 Å². The molecule has 1 amide bonds. The van der Waals surface area contributed by atoms with E-state index in [1.165, 1.54) is 27.8 Å². The van der Waals surface area contributed by atoms with Crippen molar-refractivity contribution in [3.63, 3.8) is 0 Å². The van der Waals surface area contributed by atoms with Gasteiger partial charge >= 0.3 is 0 Å². The molecule has 1 aromatic heterocycles. The summed E-state index contributed by atoms with van der Waals surface area (Å²) >= 11 is 13.5. The molecule has 0 spiro atoms. The van der Waals surface area contributed by atoms with Crippen molar-refractivity contribution in [1.82, 2.24) is 9.29 Å². The van der Waals surface area contributed by atoms with Crippen molar-refractivity contribution in [3.8, 4) is 11.3 Å². The first kappa shape index (κ1) is 23.1. The highest BCUT2D eigenvalue weighted by Gasteiger charge is 2.32. The zero-order chi connectivity index (χ0) is 22.9. The van der Waals surface area contributed by atoms with Crippen LogP contribution in [0.3, 0.4) is 0 Å². The van der Waals surface area contributed by atoms with E-state index in [0.717, 1.165) is 12.1 Å². The topological polar surface area (TPSA) is 79.4 Å². The number of piperidine rings is 1. The molecule has 0 atom stereocenters. The molecule has 4 rings (SSSR count). The number of halogens is 3. The minimum Gasteiger partial charge on any atom is -0.302 e. The lowest BCUT2D eigenvalue weighted by Crippen LogP contribution is -2.41. The Bertz CT molecular complexity index is 1240. The third-order valence-electron chi connectivity index (χ3n) is 5.21. The first-order valence-electron chi connectivity index (χ1n) is 9.71. The van der Waals surface area contributed by atoms with Crippen LogP contribution in [0.1, 0.15) is 12.8 Å². The van der Waals surface area contributed by atoms with Gasteiger partial charge in [-0.3, -0.25) is 4.79 Å². The number of sulfonamides is 1. The monoisotopic (exact) mass is 513 g/mol. The number of benzene rings is 2. The van der Waals surface area contributed by atoms with Crippen LogP contribution in [0.2, 0.25) is 10.0 Å². The van der Waals surface area contributed by atoms with Crippen LogP contribution in [-0.2, 0) is 14.8 Å². The molecular formula is C21H18Cl2FN3O3S2. The maximum absolute atomic E-state index is 13.1. The number of carbonyl (C=O) groups excluding carboxylic acids is 1. The number of nitrogens with one attached hydrogen (secondary N) is 1. The number of anilines is 1. The number of hydrogen-bond donors (Lipinski definition) is 1. The standard InChI is InChI=1S/C21H18Cl2FN3O3S2/c22-14-1-6-18(23)17(11-14)19-12-31-21(25-19)26-20(28)13-7-9-27(10-8-13)32(29,30)16-4-2-15(24)3-5-16/h1-6,11-13H,7-10H2,(H,25,26,28). The second-order valence-corrected chi connectivity index (χ2v) is 10.9. The van der Waals surface area contributed by atoms with Crippen LogP contribution < -0.4 is 5.32 Å². The van der Waals surface area contributed by atoms with Gasteiger partial charge in [-0.25, -0.2) is 17.8 Å². The molecule has 1 saturated heterocycles. The van der Waals surface area contributed by atoms with E-state index in [2.05, 4.69) is 10.3 Å². The number of hydrogen-bond acceptors (Lipinski definition) is 5. The van der Waals surface area contributed by atoms with E-state index >= 15 is 0 Å². The van der Waals surface area contributed by atoms with Gasteiger partial charge in [0.05, 0.1) is 15.6 Å². The zero-order valence-corrected chi connectivity index (χ0v) is 19.7. The maximum atomic E-state index is 13.1. The average Bonchev–Trinajstić information content (AvgIpc) is 3.24. The number of thiazole rings is 1. The van der Waals surface area contributed by atoms with Gasteiger partial charge in [0.2, 0.25) is 15.9 Å². The van der Waals surface area contributed by atoms with Crippen molar-refractivity contribution >= 4 is 55.6 Å². The molecule has 2 aromatic carbocycles. The van der Waals surface area contributed by atoms with Gasteiger partial charge in [0.15, 0.2) is 5.13 Å². The van der Waals surface area contributed by atoms with Crippen LogP contribution in [0.4, 0.5) is 9.52 Å². The molecule has 3 aromatic rings. The Balaban J connectivity index is 1.38. The van der Waals surface area contributed by atoms with Crippen LogP contribution in [0.5, 0.6) is 0 Å². The fourth-order valence-corrected chi connectivity index (χ4v) is 6.04. The number of amides is 1. The Morgan fingerprint density at radius 1 is 1.12 bits per heavy atom. The summed E-state index contributed by atoms with van der Waals surface area (Å²) in [6, 6.07) is 9.81. The van der Waals surface area contributed by atoms with Crippen LogP contribution in [0.25, 0.3) is 11.3 Å². The van der Waals surface area contributed by atoms with Crippen molar-refractivity contribution in [1.29, 1.82) is 0 Å². The lowest BCUT2D eigenvalue weighted by atomic mass is 9.97. The van der Waals surface area contributed by atoms with Gasteiger partial charge in [0, 0.05) is 35.0 Å². The molecule has 0 unspecified atom stereocenters. The van der Waals surface area contributed by atoms with Gasteiger partial charge < -0.3 is 5.32 Å². The molecule has 6 nitrogen and oxygen atoms in total. The molecule has 0 aliphatic carbocycles. The molecule has 1 aliphatic rings. The molecule has 1 aliphatic heterocycles. The fraction of sp³-hybridized carbons (Fsp3) is 0.238. The third kappa shape index (κ3) is 4.97. The molecule has 11 heteroatoms. The van der Waals surface area contributed by atoms with Crippen LogP contribution in [0.15, 0.2) is 52.7 Å². The van der Waals surface area contributed by atoms with Crippen molar-refractivity contribution in [2.24, 2.45) is 5.92 Å². The van der Waals surface area contributed by atoms with E-state index in [0.29, 0.717) is 39.3 Å². The average molecular weight is 514 g/mol. The molecule has 32 heavy (non-hydrogen) atoms. The quantitative estimate of drug-likeness (QED) is 0.502. The highest BCUT2D eigenvalue weighted by atomic mass is 35.5. The summed E-state index contributed by atoms with van der Waals surface area (Å²) in [5.41, 5.74) is 1.29. The lowest BCUT2D eigenvalue weighted by molar-refractivity contribution is -0.120. The molecule has 0 saturated carbocycles. The Morgan fingerprint density at radius 2 is 1.81 bits per heavy atom. The number of carbonyl (C=O) groups is 1. The van der Waals surface area contributed by atoms with Crippen molar-refractivity contribution in [3.05, 3.63) is 63.7 Å². The van der Waals surface area contributed by atoms with Crippen molar-refractivity contribution in [2.45, 2.75) is 17.7 Å². The van der Waals surface area contributed by atoms with E-state index < -0.39 is 15.8 Å². The molecule has 168 valence electrons. The largest absolute Gasteiger partial charge is 0.302 e. The molecule has 0 bridgehead atoms. The van der Waals surface area contributed by atoms with Gasteiger partial charge in [-0.15, -0.1) is 11.3 Å². The molecular weight excluding hydrogens is 496 g/mol. The van der Waals surface area contributed by atoms with Crippen molar-refractivity contribution < 1.29 is 17.6 Å². The summed E-state index contributed by atoms with van der Waals surface area (Å²) in [6.45, 7) is 0.415. The van der Waals surface area contributed by atoms with E-state index in [9.17, 15) is 17.6 Å². The Morgan fingerprint density at radius 3 is 2.50 bits per heavy atom. The minimum atomic E-state index is -3.72. The van der Waals surface area contributed by atoms with Crippen LogP contribution in [-0.4, -0.2) is 36.7 Å². The number of nitrogens with zero attached hydrogens (tertiary/aromatic N) is 2. The second kappa shape index (κ2) is 9.44. The van der Waals surface area contributed by atoms with Gasteiger partial charge in [-0.2, -0.15) is 4.31 Å². The van der Waals surface area contributed by atoms with Crippen molar-refractivity contribution in [2.75, 3.05) is 18.4 Å². The summed E-state index contributed by atoms with van der Waals surface area (Å²) < 4.78 is 39.9. The SMILES string of the molecule is O=C(Nc1nc(-c2cc(Cl)ccc2Cl)cs1)C1CCN(S(=O)(=O)c2ccc(F)cc2)CC1. The van der Waals surface area contributed by atoms with Crippen LogP contribution in [0, 0.1) is 11.7 Å². The summed E-state index contributed by atoms with van der Waals surface area (Å²) in [4.78, 5) is 17.2. The highest BCUT2D eigenvalue weighted by molar-refractivity contribution is 7.89. The van der Waals surface area contributed by atoms with E-state index in [1.807, 2.05) is 0 Å². The Labute approximate surface area is 199 Å². The number of aromatic nitrogens is 1. The smallest absolute Gasteiger partial charge is 0.243 e. The predicted octanol–water partition coefficient (Wildman–Crippen LogP) is 5.30. The van der Waals surface area contributed by atoms with E-state index in [-0.39, 0.29) is 29.8 Å². The summed E-state index contributed by atoms with van der Waals surface area (Å²) in [7, 11) is -3.72. The molecule has 1 N–H and O–H groups in total. The Hall–Kier alpha value is -2.04. The Kier molecular flexibility index (Phi) is 6.83. The summed E-state index contributed by atoms with van der Waals surface area (Å²) in [5.74, 6) is -1.04. The lowest BCUT2D eigenvalue weighted by Gasteiger charge is -2.30. The van der Waals surface area contributed by atoms with Gasteiger partial charge in [0.25, 0.3) is 0 Å².